The van der Waals surface area contributed by atoms with Gasteiger partial charge in [0.05, 0.1) is 12.7 Å². The van der Waals surface area contributed by atoms with Gasteiger partial charge in [0.2, 0.25) is 11.8 Å². The summed E-state index contributed by atoms with van der Waals surface area (Å²) in [5.74, 6) is -0.332. The maximum Gasteiger partial charge on any atom is 0.249 e. The van der Waals surface area contributed by atoms with Crippen LogP contribution in [0, 0.1) is 0 Å². The lowest BCUT2D eigenvalue weighted by atomic mass is 10.1. The number of hydrogen-bond acceptors (Lipinski definition) is 4. The van der Waals surface area contributed by atoms with Gasteiger partial charge < -0.3 is 19.7 Å². The largest absolute Gasteiger partial charge is 0.376 e. The molecule has 2 amide bonds. The van der Waals surface area contributed by atoms with Crippen molar-refractivity contribution in [2.24, 2.45) is 0 Å². The third kappa shape index (κ3) is 4.09. The molecule has 2 saturated heterocycles. The molecule has 6 heteroatoms. The minimum Gasteiger partial charge on any atom is -0.376 e. The minimum absolute atomic E-state index is 0.0301. The topological polar surface area (TPSA) is 67.9 Å². The van der Waals surface area contributed by atoms with E-state index in [0.717, 1.165) is 25.0 Å². The Morgan fingerprint density at radius 2 is 2.13 bits per heavy atom. The Labute approximate surface area is 135 Å². The smallest absolute Gasteiger partial charge is 0.249 e. The zero-order chi connectivity index (χ0) is 16.1. The molecule has 0 aromatic heterocycles. The van der Waals surface area contributed by atoms with E-state index >= 15 is 0 Å². The van der Waals surface area contributed by atoms with Crippen LogP contribution in [0.2, 0.25) is 0 Å². The number of hydrogen-bond donors (Lipinski definition) is 1. The van der Waals surface area contributed by atoms with E-state index in [2.05, 4.69) is 5.32 Å². The molecule has 2 atom stereocenters. The van der Waals surface area contributed by atoms with Crippen molar-refractivity contribution in [2.45, 2.75) is 31.5 Å². The number of benzene rings is 1. The van der Waals surface area contributed by atoms with Gasteiger partial charge in [-0.05, 0) is 18.4 Å². The van der Waals surface area contributed by atoms with Gasteiger partial charge in [-0.2, -0.15) is 0 Å². The van der Waals surface area contributed by atoms with Crippen molar-refractivity contribution in [1.29, 1.82) is 0 Å². The van der Waals surface area contributed by atoms with E-state index in [0.29, 0.717) is 13.1 Å². The summed E-state index contributed by atoms with van der Waals surface area (Å²) in [4.78, 5) is 26.2. The van der Waals surface area contributed by atoms with Crippen LogP contribution in [0.5, 0.6) is 0 Å². The number of carbonyl (C=O) groups excluding carboxylic acids is 2. The summed E-state index contributed by atoms with van der Waals surface area (Å²) < 4.78 is 10.8. The van der Waals surface area contributed by atoms with Crippen LogP contribution in [0.25, 0.3) is 0 Å². The zero-order valence-corrected chi connectivity index (χ0v) is 13.1. The molecule has 1 N–H and O–H groups in total. The predicted octanol–water partition coefficient (Wildman–Crippen LogP) is 0.709. The Morgan fingerprint density at radius 3 is 2.87 bits per heavy atom. The Morgan fingerprint density at radius 1 is 1.30 bits per heavy atom. The number of amides is 2. The molecule has 1 aromatic carbocycles. The maximum absolute atomic E-state index is 12.5. The first kappa shape index (κ1) is 16.0. The summed E-state index contributed by atoms with van der Waals surface area (Å²) in [5, 5.41) is 2.89. The number of morpholine rings is 1. The number of ether oxygens (including phenoxy) is 2. The molecule has 1 aromatic rings. The van der Waals surface area contributed by atoms with Crippen molar-refractivity contribution in [3.63, 3.8) is 0 Å². The van der Waals surface area contributed by atoms with Crippen LogP contribution in [0.1, 0.15) is 18.4 Å². The van der Waals surface area contributed by atoms with Crippen molar-refractivity contribution in [2.75, 3.05) is 26.4 Å². The monoisotopic (exact) mass is 318 g/mol. The first-order valence-corrected chi connectivity index (χ1v) is 8.04. The van der Waals surface area contributed by atoms with Gasteiger partial charge in [-0.25, -0.2) is 0 Å². The molecule has 124 valence electrons. The normalized spacial score (nSPS) is 24.7. The van der Waals surface area contributed by atoms with Crippen LogP contribution in [0.4, 0.5) is 0 Å². The predicted molar refractivity (Wildman–Crippen MR) is 83.6 cm³/mol. The van der Waals surface area contributed by atoms with Crippen LogP contribution in [-0.2, 0) is 25.6 Å². The molecule has 2 aliphatic heterocycles. The van der Waals surface area contributed by atoms with Gasteiger partial charge >= 0.3 is 0 Å². The third-order valence-corrected chi connectivity index (χ3v) is 4.22. The Kier molecular flexibility index (Phi) is 5.25. The molecule has 0 radical (unpaired) electrons. The van der Waals surface area contributed by atoms with E-state index in [9.17, 15) is 9.59 Å². The maximum atomic E-state index is 12.5. The number of nitrogens with one attached hydrogen (secondary N) is 1. The van der Waals surface area contributed by atoms with Crippen molar-refractivity contribution < 1.29 is 19.1 Å². The van der Waals surface area contributed by atoms with Gasteiger partial charge in [-0.15, -0.1) is 0 Å². The minimum atomic E-state index is -0.585. The lowest BCUT2D eigenvalue weighted by Gasteiger charge is -2.34. The number of carbonyl (C=O) groups is 2. The van der Waals surface area contributed by atoms with Crippen LogP contribution in [0.3, 0.4) is 0 Å². The molecular formula is C17H22N2O4. The van der Waals surface area contributed by atoms with Crippen LogP contribution in [-0.4, -0.2) is 55.2 Å². The zero-order valence-electron chi connectivity index (χ0n) is 13.1. The first-order valence-electron chi connectivity index (χ1n) is 8.04. The van der Waals surface area contributed by atoms with Gasteiger partial charge in [0.25, 0.3) is 0 Å². The highest BCUT2D eigenvalue weighted by Crippen LogP contribution is 2.15. The molecule has 2 fully saturated rings. The molecule has 23 heavy (non-hydrogen) atoms. The highest BCUT2D eigenvalue weighted by molar-refractivity contribution is 5.89. The van der Waals surface area contributed by atoms with Gasteiger partial charge in [-0.3, -0.25) is 9.59 Å². The first-order chi connectivity index (χ1) is 11.2. The lowest BCUT2D eigenvalue weighted by Crippen LogP contribution is -2.56. The second kappa shape index (κ2) is 7.57. The van der Waals surface area contributed by atoms with Gasteiger partial charge in [0.15, 0.2) is 0 Å². The molecule has 2 heterocycles. The van der Waals surface area contributed by atoms with E-state index in [1.54, 1.807) is 4.90 Å². The quantitative estimate of drug-likeness (QED) is 0.868. The van der Waals surface area contributed by atoms with Gasteiger partial charge in [0.1, 0.15) is 12.6 Å². The summed E-state index contributed by atoms with van der Waals surface area (Å²) in [6.45, 7) is 1.92. The van der Waals surface area contributed by atoms with Crippen molar-refractivity contribution in [1.82, 2.24) is 10.2 Å². The lowest BCUT2D eigenvalue weighted by molar-refractivity contribution is -0.155. The molecule has 0 bridgehead atoms. The van der Waals surface area contributed by atoms with E-state index < -0.39 is 6.04 Å². The fourth-order valence-electron chi connectivity index (χ4n) is 2.94. The molecular weight excluding hydrogens is 296 g/mol. The number of nitrogens with zero attached hydrogens (tertiary/aromatic N) is 1. The highest BCUT2D eigenvalue weighted by Gasteiger charge is 2.34. The van der Waals surface area contributed by atoms with E-state index in [1.165, 1.54) is 0 Å². The summed E-state index contributed by atoms with van der Waals surface area (Å²) in [6, 6.07) is 9.09. The van der Waals surface area contributed by atoms with Crippen molar-refractivity contribution in [3.8, 4) is 0 Å². The van der Waals surface area contributed by atoms with Gasteiger partial charge in [0, 0.05) is 19.7 Å². The highest BCUT2D eigenvalue weighted by atomic mass is 16.5. The summed E-state index contributed by atoms with van der Waals surface area (Å²) in [7, 11) is 0. The molecule has 0 saturated carbocycles. The van der Waals surface area contributed by atoms with E-state index in [4.69, 9.17) is 9.47 Å². The SMILES string of the molecule is O=C(NCC1CCCO1)C1COCC(=O)N1Cc1ccccc1. The average Bonchev–Trinajstić information content (AvgIpc) is 3.09. The third-order valence-electron chi connectivity index (χ3n) is 4.22. The Hall–Kier alpha value is -1.92. The van der Waals surface area contributed by atoms with Crippen LogP contribution in [0.15, 0.2) is 30.3 Å². The van der Waals surface area contributed by atoms with Crippen molar-refractivity contribution in [3.05, 3.63) is 35.9 Å². The van der Waals surface area contributed by atoms with Crippen molar-refractivity contribution >= 4 is 11.8 Å². The Balaban J connectivity index is 1.62. The average molecular weight is 318 g/mol. The Bertz CT molecular complexity index is 543. The number of rotatable bonds is 5. The molecule has 0 aliphatic carbocycles. The molecule has 3 rings (SSSR count). The summed E-state index contributed by atoms with van der Waals surface area (Å²) >= 11 is 0. The molecule has 6 nitrogen and oxygen atoms in total. The summed E-state index contributed by atoms with van der Waals surface area (Å²) in [5.41, 5.74) is 1.000. The van der Waals surface area contributed by atoms with E-state index in [-0.39, 0.29) is 31.1 Å². The second-order valence-electron chi connectivity index (χ2n) is 5.92. The van der Waals surface area contributed by atoms with Crippen LogP contribution < -0.4 is 5.32 Å². The van der Waals surface area contributed by atoms with Gasteiger partial charge in [-0.1, -0.05) is 30.3 Å². The molecule has 0 spiro atoms. The fraction of sp³-hybridized carbons (Fsp3) is 0.529. The van der Waals surface area contributed by atoms with Crippen LogP contribution >= 0.6 is 0 Å². The molecule has 2 unspecified atom stereocenters. The standard InChI is InChI=1S/C17H22N2O4/c20-16-12-22-11-15(17(21)18-9-14-7-4-8-23-14)19(16)10-13-5-2-1-3-6-13/h1-3,5-6,14-15H,4,7-12H2,(H,18,21). The summed E-state index contributed by atoms with van der Waals surface area (Å²) in [6.07, 6.45) is 2.08. The second-order valence-corrected chi connectivity index (χ2v) is 5.92. The van der Waals surface area contributed by atoms with E-state index in [1.807, 2.05) is 30.3 Å². The molecule has 2 aliphatic rings. The fourth-order valence-corrected chi connectivity index (χ4v) is 2.94.